The van der Waals surface area contributed by atoms with Gasteiger partial charge in [-0.05, 0) is 48.6 Å². The molecule has 228 valence electrons. The van der Waals surface area contributed by atoms with Crippen LogP contribution in [0.4, 0.5) is 5.69 Å². The molecule has 11 nitrogen and oxygen atoms in total. The number of carbonyl (C=O) groups excluding carboxylic acids is 2. The third-order valence-electron chi connectivity index (χ3n) is 7.39. The molecule has 2 heterocycles. The SMILES string of the molecule is Br.CCOc1cc2c(cc1C(=O)NC)C(=N)N(CC(=O)c1cc(N3CCC(OCC(=O)O)C3)c(O)c(C(C)(C)C)c1)C2. The van der Waals surface area contributed by atoms with Gasteiger partial charge in [-0.3, -0.25) is 15.0 Å². The number of rotatable bonds is 10. The Bertz CT molecular complexity index is 1390. The third kappa shape index (κ3) is 6.87. The molecular formula is C30H39BrN4O7. The molecule has 0 spiro atoms. The van der Waals surface area contributed by atoms with E-state index >= 15 is 0 Å². The average molecular weight is 648 g/mol. The number of carbonyl (C=O) groups is 3. The Morgan fingerprint density at radius 3 is 2.50 bits per heavy atom. The Morgan fingerprint density at radius 2 is 1.88 bits per heavy atom. The predicted molar refractivity (Wildman–Crippen MR) is 164 cm³/mol. The summed E-state index contributed by atoms with van der Waals surface area (Å²) >= 11 is 0. The van der Waals surface area contributed by atoms with Crippen LogP contribution in [-0.4, -0.2) is 84.6 Å². The molecule has 42 heavy (non-hydrogen) atoms. The van der Waals surface area contributed by atoms with Gasteiger partial charge in [-0.15, -0.1) is 17.0 Å². The topological polar surface area (TPSA) is 152 Å². The van der Waals surface area contributed by atoms with Crippen LogP contribution in [0, 0.1) is 5.41 Å². The normalized spacial score (nSPS) is 16.2. The van der Waals surface area contributed by atoms with Gasteiger partial charge in [0.1, 0.15) is 23.9 Å². The number of hydrogen-bond acceptors (Lipinski definition) is 8. The van der Waals surface area contributed by atoms with Crippen molar-refractivity contribution in [2.24, 2.45) is 0 Å². The molecule has 1 fully saturated rings. The van der Waals surface area contributed by atoms with Gasteiger partial charge in [0.05, 0.1) is 30.5 Å². The molecule has 2 aromatic rings. The van der Waals surface area contributed by atoms with Crippen LogP contribution in [0.1, 0.15) is 71.5 Å². The van der Waals surface area contributed by atoms with Crippen molar-refractivity contribution in [3.05, 3.63) is 52.1 Å². The van der Waals surface area contributed by atoms with Gasteiger partial charge in [0.25, 0.3) is 5.91 Å². The largest absolute Gasteiger partial charge is 0.505 e. The highest BCUT2D eigenvalue weighted by molar-refractivity contribution is 8.93. The van der Waals surface area contributed by atoms with Crippen LogP contribution in [0.25, 0.3) is 0 Å². The molecule has 1 amide bonds. The fourth-order valence-corrected chi connectivity index (χ4v) is 5.28. The maximum Gasteiger partial charge on any atom is 0.329 e. The molecule has 0 aliphatic carbocycles. The number of hydrogen-bond donors (Lipinski definition) is 4. The molecule has 1 unspecified atom stereocenters. The summed E-state index contributed by atoms with van der Waals surface area (Å²) in [6, 6.07) is 6.77. The number of ether oxygens (including phenoxy) is 2. The number of phenols is 1. The van der Waals surface area contributed by atoms with Gasteiger partial charge in [0.2, 0.25) is 0 Å². The molecule has 12 heteroatoms. The zero-order valence-corrected chi connectivity index (χ0v) is 26.3. The molecule has 0 saturated carbocycles. The van der Waals surface area contributed by atoms with Crippen molar-refractivity contribution in [1.82, 2.24) is 10.2 Å². The number of Topliss-reactive ketones (excluding diaryl/α,β-unsaturated/α-hetero) is 1. The van der Waals surface area contributed by atoms with Crippen LogP contribution in [0.15, 0.2) is 24.3 Å². The van der Waals surface area contributed by atoms with Crippen molar-refractivity contribution >= 4 is 46.2 Å². The smallest absolute Gasteiger partial charge is 0.329 e. The minimum absolute atomic E-state index is 0. The summed E-state index contributed by atoms with van der Waals surface area (Å²) in [5.41, 5.74) is 2.76. The van der Waals surface area contributed by atoms with Crippen LogP contribution in [0.3, 0.4) is 0 Å². The summed E-state index contributed by atoms with van der Waals surface area (Å²) in [7, 11) is 1.53. The second kappa shape index (κ2) is 13.1. The maximum atomic E-state index is 13.7. The molecule has 0 bridgehead atoms. The Labute approximate surface area is 256 Å². The Balaban J connectivity index is 0.00000484. The summed E-state index contributed by atoms with van der Waals surface area (Å²) in [4.78, 5) is 40.6. The van der Waals surface area contributed by atoms with E-state index in [0.29, 0.717) is 66.4 Å². The number of aromatic hydroxyl groups is 1. The highest BCUT2D eigenvalue weighted by Crippen LogP contribution is 2.41. The van der Waals surface area contributed by atoms with Crippen LogP contribution in [-0.2, 0) is 21.5 Å². The molecule has 1 saturated heterocycles. The van der Waals surface area contributed by atoms with Crippen molar-refractivity contribution < 1.29 is 34.1 Å². The van der Waals surface area contributed by atoms with Crippen LogP contribution < -0.4 is 15.0 Å². The Morgan fingerprint density at radius 1 is 1.17 bits per heavy atom. The number of amides is 1. The fraction of sp³-hybridized carbons (Fsp3) is 0.467. The van der Waals surface area contributed by atoms with E-state index in [0.717, 1.165) is 5.56 Å². The molecule has 4 rings (SSSR count). The lowest BCUT2D eigenvalue weighted by Gasteiger charge is -2.27. The highest BCUT2D eigenvalue weighted by atomic mass is 79.9. The second-order valence-electron chi connectivity index (χ2n) is 11.3. The van der Waals surface area contributed by atoms with Crippen molar-refractivity contribution in [1.29, 1.82) is 5.41 Å². The number of benzene rings is 2. The van der Waals surface area contributed by atoms with E-state index < -0.39 is 18.0 Å². The number of nitrogens with one attached hydrogen (secondary N) is 2. The lowest BCUT2D eigenvalue weighted by Crippen LogP contribution is -2.31. The van der Waals surface area contributed by atoms with E-state index in [-0.39, 0.29) is 52.9 Å². The van der Waals surface area contributed by atoms with Gasteiger partial charge in [-0.25, -0.2) is 4.79 Å². The standard InChI is InChI=1S/C30H38N4O7.BrH/c1-6-40-25-11-18-13-34(28(31)20(18)12-21(25)29(39)32-5)15-24(35)17-9-22(30(2,3)4)27(38)23(10-17)33-8-7-19(14-33)41-16-26(36)37;/h9-12,19,31,38H,6-8,13-16H2,1-5H3,(H,32,39)(H,36,37);1H. The Hall–Kier alpha value is -3.64. The number of nitrogens with zero attached hydrogens (tertiary/aromatic N) is 2. The molecule has 2 aliphatic heterocycles. The van der Waals surface area contributed by atoms with Gasteiger partial charge >= 0.3 is 5.97 Å². The number of phenolic OH excluding ortho intramolecular Hbond substituents is 1. The quantitative estimate of drug-likeness (QED) is 0.283. The Kier molecular flexibility index (Phi) is 10.3. The van der Waals surface area contributed by atoms with Crippen molar-refractivity contribution in [2.45, 2.75) is 52.2 Å². The molecule has 2 aliphatic rings. The number of carboxylic acids is 1. The van der Waals surface area contributed by atoms with Crippen LogP contribution in [0.2, 0.25) is 0 Å². The van der Waals surface area contributed by atoms with Crippen LogP contribution in [0.5, 0.6) is 11.5 Å². The van der Waals surface area contributed by atoms with Gasteiger partial charge in [-0.1, -0.05) is 20.8 Å². The number of fused-ring (bicyclic) bond motifs is 1. The first-order valence-corrected chi connectivity index (χ1v) is 13.7. The van der Waals surface area contributed by atoms with E-state index in [2.05, 4.69) is 5.32 Å². The molecule has 4 N–H and O–H groups in total. The number of aliphatic carboxylic acids is 1. The maximum absolute atomic E-state index is 13.7. The van der Waals surface area contributed by atoms with E-state index in [9.17, 15) is 19.5 Å². The van der Waals surface area contributed by atoms with E-state index in [1.807, 2.05) is 32.6 Å². The molecule has 2 aromatic carbocycles. The minimum Gasteiger partial charge on any atom is -0.505 e. The first kappa shape index (κ1) is 32.9. The van der Waals surface area contributed by atoms with Crippen molar-refractivity contribution in [3.63, 3.8) is 0 Å². The molecular weight excluding hydrogens is 608 g/mol. The minimum atomic E-state index is -1.04. The van der Waals surface area contributed by atoms with E-state index in [4.69, 9.17) is 20.0 Å². The second-order valence-corrected chi connectivity index (χ2v) is 11.3. The van der Waals surface area contributed by atoms with E-state index in [1.54, 1.807) is 29.2 Å². The number of anilines is 1. The zero-order valence-electron chi connectivity index (χ0n) is 24.6. The number of ketones is 1. The summed E-state index contributed by atoms with van der Waals surface area (Å²) < 4.78 is 11.1. The first-order chi connectivity index (χ1) is 19.3. The molecule has 0 radical (unpaired) electrons. The van der Waals surface area contributed by atoms with Gasteiger partial charge in [0, 0.05) is 43.4 Å². The molecule has 1 atom stereocenters. The summed E-state index contributed by atoms with van der Waals surface area (Å²) in [6.45, 7) is 8.87. The summed E-state index contributed by atoms with van der Waals surface area (Å²) in [6.07, 6.45) is 0.300. The lowest BCUT2D eigenvalue weighted by atomic mass is 9.84. The monoisotopic (exact) mass is 646 g/mol. The van der Waals surface area contributed by atoms with Gasteiger partial charge in [-0.2, -0.15) is 0 Å². The number of carboxylic acid groups (broad SMARTS) is 1. The van der Waals surface area contributed by atoms with Gasteiger partial charge in [0.15, 0.2) is 5.78 Å². The summed E-state index contributed by atoms with van der Waals surface area (Å²) in [5.74, 6) is -0.913. The molecule has 0 aromatic heterocycles. The van der Waals surface area contributed by atoms with E-state index in [1.165, 1.54) is 7.05 Å². The first-order valence-electron chi connectivity index (χ1n) is 13.7. The van der Waals surface area contributed by atoms with Crippen LogP contribution >= 0.6 is 17.0 Å². The lowest BCUT2D eigenvalue weighted by molar-refractivity contribution is -0.143. The zero-order chi connectivity index (χ0) is 30.1. The third-order valence-corrected chi connectivity index (χ3v) is 7.39. The summed E-state index contributed by atoms with van der Waals surface area (Å²) in [5, 5.41) is 31.5. The highest BCUT2D eigenvalue weighted by Gasteiger charge is 2.32. The number of halogens is 1. The van der Waals surface area contributed by atoms with Crippen molar-refractivity contribution in [2.75, 3.05) is 44.8 Å². The van der Waals surface area contributed by atoms with Crippen molar-refractivity contribution in [3.8, 4) is 11.5 Å². The predicted octanol–water partition coefficient (Wildman–Crippen LogP) is 3.73. The van der Waals surface area contributed by atoms with Gasteiger partial charge < -0.3 is 34.8 Å². The average Bonchev–Trinajstić information content (AvgIpc) is 3.50. The number of amidine groups is 1. The fourth-order valence-electron chi connectivity index (χ4n) is 5.28.